The second kappa shape index (κ2) is 7.52. The predicted molar refractivity (Wildman–Crippen MR) is 97.9 cm³/mol. The van der Waals surface area contributed by atoms with Crippen molar-refractivity contribution in [2.75, 3.05) is 18.6 Å². The summed E-state index contributed by atoms with van der Waals surface area (Å²) in [6.07, 6.45) is 3.80. The quantitative estimate of drug-likeness (QED) is 0.796. The number of anilines is 1. The fourth-order valence-corrected chi connectivity index (χ4v) is 3.59. The number of ether oxygens (including phenoxy) is 1. The number of para-hydroxylation sites is 1. The minimum absolute atomic E-state index is 0.277. The third kappa shape index (κ3) is 3.78. The number of Topliss-reactive ketones (excluding diaryl/α,β-unsaturated/α-hetero) is 1. The molecule has 0 amide bonds. The van der Waals surface area contributed by atoms with Crippen LogP contribution in [0.25, 0.3) is 0 Å². The summed E-state index contributed by atoms with van der Waals surface area (Å²) in [7, 11) is 1.71. The van der Waals surface area contributed by atoms with Gasteiger partial charge in [-0.3, -0.25) is 4.79 Å². The Kier molecular flexibility index (Phi) is 5.19. The van der Waals surface area contributed by atoms with Gasteiger partial charge in [0, 0.05) is 31.1 Å². The van der Waals surface area contributed by atoms with Crippen LogP contribution in [0.2, 0.25) is 0 Å². The van der Waals surface area contributed by atoms with E-state index in [0.717, 1.165) is 25.1 Å². The average Bonchev–Trinajstić information content (AvgIpc) is 3.03. The lowest BCUT2D eigenvalue weighted by molar-refractivity contribution is -0.117. The standard InChI is InChI=1S/C21H25NO2/c1-16(23)14-20-7-5-13-22(20)19-11-9-17(10-12-19)15-18-6-3-4-8-21(18)24-2/h3-4,6,8-12,20H,5,7,13-15H2,1-2H3. The van der Waals surface area contributed by atoms with E-state index < -0.39 is 0 Å². The molecule has 1 unspecified atom stereocenters. The highest BCUT2D eigenvalue weighted by atomic mass is 16.5. The molecule has 3 nitrogen and oxygen atoms in total. The van der Waals surface area contributed by atoms with Gasteiger partial charge in [-0.2, -0.15) is 0 Å². The Morgan fingerprint density at radius 3 is 2.62 bits per heavy atom. The number of ketones is 1. The first-order chi connectivity index (χ1) is 11.7. The first-order valence-electron chi connectivity index (χ1n) is 8.64. The van der Waals surface area contributed by atoms with Crippen LogP contribution >= 0.6 is 0 Å². The van der Waals surface area contributed by atoms with Crippen LogP contribution in [-0.2, 0) is 11.2 Å². The molecule has 3 rings (SSSR count). The number of nitrogens with zero attached hydrogens (tertiary/aromatic N) is 1. The monoisotopic (exact) mass is 323 g/mol. The second-order valence-corrected chi connectivity index (χ2v) is 6.55. The normalized spacial score (nSPS) is 17.1. The van der Waals surface area contributed by atoms with Crippen LogP contribution in [0.1, 0.15) is 37.3 Å². The molecule has 3 heteroatoms. The van der Waals surface area contributed by atoms with Crippen molar-refractivity contribution in [3.05, 3.63) is 59.7 Å². The van der Waals surface area contributed by atoms with Crippen LogP contribution < -0.4 is 9.64 Å². The van der Waals surface area contributed by atoms with Crippen molar-refractivity contribution in [3.8, 4) is 5.75 Å². The van der Waals surface area contributed by atoms with Gasteiger partial charge in [0.1, 0.15) is 11.5 Å². The average molecular weight is 323 g/mol. The van der Waals surface area contributed by atoms with Crippen molar-refractivity contribution in [2.24, 2.45) is 0 Å². The molecule has 1 fully saturated rings. The summed E-state index contributed by atoms with van der Waals surface area (Å²) in [5.74, 6) is 1.21. The lowest BCUT2D eigenvalue weighted by Crippen LogP contribution is -2.30. The molecule has 1 atom stereocenters. The summed E-state index contributed by atoms with van der Waals surface area (Å²) in [5.41, 5.74) is 3.69. The zero-order valence-corrected chi connectivity index (χ0v) is 14.5. The zero-order chi connectivity index (χ0) is 16.9. The Labute approximate surface area is 144 Å². The molecule has 0 bridgehead atoms. The molecule has 1 heterocycles. The van der Waals surface area contributed by atoms with Crippen molar-refractivity contribution in [1.29, 1.82) is 0 Å². The third-order valence-corrected chi connectivity index (χ3v) is 4.76. The van der Waals surface area contributed by atoms with Gasteiger partial charge in [-0.1, -0.05) is 30.3 Å². The van der Waals surface area contributed by atoms with Crippen molar-refractivity contribution in [3.63, 3.8) is 0 Å². The van der Waals surface area contributed by atoms with Crippen molar-refractivity contribution >= 4 is 11.5 Å². The van der Waals surface area contributed by atoms with E-state index in [-0.39, 0.29) is 5.78 Å². The molecule has 0 N–H and O–H groups in total. The summed E-state index contributed by atoms with van der Waals surface area (Å²) in [6, 6.07) is 17.2. The summed E-state index contributed by atoms with van der Waals surface area (Å²) in [6.45, 7) is 2.73. The summed E-state index contributed by atoms with van der Waals surface area (Å²) >= 11 is 0. The van der Waals surface area contributed by atoms with Crippen LogP contribution in [-0.4, -0.2) is 25.5 Å². The van der Waals surface area contributed by atoms with Crippen molar-refractivity contribution < 1.29 is 9.53 Å². The minimum atomic E-state index is 0.277. The van der Waals surface area contributed by atoms with E-state index in [2.05, 4.69) is 35.2 Å². The number of hydrogen-bond donors (Lipinski definition) is 0. The molecular weight excluding hydrogens is 298 g/mol. The molecule has 126 valence electrons. The Bertz CT molecular complexity index is 693. The first kappa shape index (κ1) is 16.6. The third-order valence-electron chi connectivity index (χ3n) is 4.76. The molecule has 0 aliphatic carbocycles. The molecule has 2 aromatic rings. The van der Waals surface area contributed by atoms with Gasteiger partial charge in [0.25, 0.3) is 0 Å². The van der Waals surface area contributed by atoms with Crippen LogP contribution in [0.5, 0.6) is 5.75 Å². The molecule has 0 radical (unpaired) electrons. The molecular formula is C21H25NO2. The summed E-state index contributed by atoms with van der Waals surface area (Å²) in [5, 5.41) is 0. The number of carbonyl (C=O) groups excluding carboxylic acids is 1. The molecule has 0 spiro atoms. The van der Waals surface area contributed by atoms with Crippen LogP contribution in [0.15, 0.2) is 48.5 Å². The number of hydrogen-bond acceptors (Lipinski definition) is 3. The topological polar surface area (TPSA) is 29.5 Å². The minimum Gasteiger partial charge on any atom is -0.496 e. The van der Waals surface area contributed by atoms with Crippen LogP contribution in [0.3, 0.4) is 0 Å². The number of rotatable bonds is 6. The van der Waals surface area contributed by atoms with Crippen molar-refractivity contribution in [1.82, 2.24) is 0 Å². The number of carbonyl (C=O) groups is 1. The van der Waals surface area contributed by atoms with E-state index in [4.69, 9.17) is 4.74 Å². The van der Waals surface area contributed by atoms with Gasteiger partial charge in [0.2, 0.25) is 0 Å². The lowest BCUT2D eigenvalue weighted by Gasteiger charge is -2.26. The highest BCUT2D eigenvalue weighted by molar-refractivity contribution is 5.77. The Balaban J connectivity index is 1.72. The fourth-order valence-electron chi connectivity index (χ4n) is 3.59. The largest absolute Gasteiger partial charge is 0.496 e. The Morgan fingerprint density at radius 2 is 1.92 bits per heavy atom. The van der Waals surface area contributed by atoms with Crippen molar-refractivity contribution in [2.45, 2.75) is 38.6 Å². The second-order valence-electron chi connectivity index (χ2n) is 6.55. The van der Waals surface area contributed by atoms with Gasteiger partial charge in [-0.05, 0) is 49.1 Å². The van der Waals surface area contributed by atoms with E-state index >= 15 is 0 Å². The van der Waals surface area contributed by atoms with Gasteiger partial charge in [0.15, 0.2) is 0 Å². The van der Waals surface area contributed by atoms with Crippen LogP contribution in [0.4, 0.5) is 5.69 Å². The van der Waals surface area contributed by atoms with E-state index in [1.165, 1.54) is 23.2 Å². The summed E-state index contributed by atoms with van der Waals surface area (Å²) < 4.78 is 5.43. The summed E-state index contributed by atoms with van der Waals surface area (Å²) in [4.78, 5) is 13.8. The van der Waals surface area contributed by atoms with E-state index in [1.54, 1.807) is 14.0 Å². The maximum Gasteiger partial charge on any atom is 0.131 e. The molecule has 0 aromatic heterocycles. The Morgan fingerprint density at radius 1 is 1.17 bits per heavy atom. The Hall–Kier alpha value is -2.29. The molecule has 1 saturated heterocycles. The smallest absolute Gasteiger partial charge is 0.131 e. The lowest BCUT2D eigenvalue weighted by atomic mass is 10.0. The predicted octanol–water partition coefficient (Wildman–Crippen LogP) is 4.23. The highest BCUT2D eigenvalue weighted by Crippen LogP contribution is 2.28. The molecule has 1 aliphatic rings. The maximum atomic E-state index is 11.5. The molecule has 0 saturated carbocycles. The van der Waals surface area contributed by atoms with E-state index in [0.29, 0.717) is 12.5 Å². The van der Waals surface area contributed by atoms with Gasteiger partial charge >= 0.3 is 0 Å². The van der Waals surface area contributed by atoms with Gasteiger partial charge in [-0.25, -0.2) is 0 Å². The molecule has 2 aromatic carbocycles. The number of methoxy groups -OCH3 is 1. The van der Waals surface area contributed by atoms with Gasteiger partial charge in [0.05, 0.1) is 7.11 Å². The SMILES string of the molecule is COc1ccccc1Cc1ccc(N2CCCC2CC(C)=O)cc1. The van der Waals surface area contributed by atoms with Crippen LogP contribution in [0, 0.1) is 0 Å². The number of benzene rings is 2. The van der Waals surface area contributed by atoms with Gasteiger partial charge < -0.3 is 9.64 Å². The fraction of sp³-hybridized carbons (Fsp3) is 0.381. The van der Waals surface area contributed by atoms with E-state index in [9.17, 15) is 4.79 Å². The zero-order valence-electron chi connectivity index (χ0n) is 14.5. The van der Waals surface area contributed by atoms with E-state index in [1.807, 2.05) is 18.2 Å². The molecule has 24 heavy (non-hydrogen) atoms. The highest BCUT2D eigenvalue weighted by Gasteiger charge is 2.25. The molecule has 1 aliphatic heterocycles. The van der Waals surface area contributed by atoms with Gasteiger partial charge in [-0.15, -0.1) is 0 Å². The first-order valence-corrected chi connectivity index (χ1v) is 8.64. The maximum absolute atomic E-state index is 11.5.